The summed E-state index contributed by atoms with van der Waals surface area (Å²) >= 11 is 0. The van der Waals surface area contributed by atoms with Crippen molar-refractivity contribution >= 4 is 5.69 Å². The number of ether oxygens (including phenoxy) is 1. The molecule has 0 aromatic heterocycles. The molecular formula is C16H19NO. The third-order valence-corrected chi connectivity index (χ3v) is 2.95. The highest BCUT2D eigenvalue weighted by molar-refractivity contribution is 5.52. The van der Waals surface area contributed by atoms with Crippen molar-refractivity contribution in [2.24, 2.45) is 0 Å². The van der Waals surface area contributed by atoms with Gasteiger partial charge in [0.15, 0.2) is 0 Å². The van der Waals surface area contributed by atoms with E-state index in [0.717, 1.165) is 22.6 Å². The first kappa shape index (κ1) is 12.5. The first-order valence-electron chi connectivity index (χ1n) is 6.11. The molecule has 0 saturated heterocycles. The summed E-state index contributed by atoms with van der Waals surface area (Å²) in [6.45, 7) is 6.72. The SMILES string of the molecule is Cc1cccc(COc2c(C)cc(N)cc2C)c1. The van der Waals surface area contributed by atoms with E-state index in [9.17, 15) is 0 Å². The fraction of sp³-hybridized carbons (Fsp3) is 0.250. The number of aryl methyl sites for hydroxylation is 3. The number of nitrogens with two attached hydrogens (primary N) is 1. The second-order valence-corrected chi connectivity index (χ2v) is 4.76. The molecule has 0 unspecified atom stereocenters. The maximum absolute atomic E-state index is 5.91. The maximum atomic E-state index is 5.91. The first-order valence-corrected chi connectivity index (χ1v) is 6.11. The molecule has 0 amide bonds. The summed E-state index contributed by atoms with van der Waals surface area (Å²) in [6, 6.07) is 12.2. The number of nitrogen functional groups attached to an aromatic ring is 1. The zero-order valence-corrected chi connectivity index (χ0v) is 11.2. The zero-order valence-electron chi connectivity index (χ0n) is 11.2. The Morgan fingerprint density at radius 2 is 1.67 bits per heavy atom. The molecule has 0 atom stereocenters. The second kappa shape index (κ2) is 5.13. The van der Waals surface area contributed by atoms with Gasteiger partial charge in [-0.3, -0.25) is 0 Å². The minimum atomic E-state index is 0.591. The van der Waals surface area contributed by atoms with Gasteiger partial charge in [0.1, 0.15) is 12.4 Å². The molecule has 0 aliphatic rings. The molecular weight excluding hydrogens is 222 g/mol. The van der Waals surface area contributed by atoms with Crippen LogP contribution in [0.25, 0.3) is 0 Å². The Morgan fingerprint density at radius 3 is 2.28 bits per heavy atom. The van der Waals surface area contributed by atoms with Crippen LogP contribution in [0.1, 0.15) is 22.3 Å². The third-order valence-electron chi connectivity index (χ3n) is 2.95. The van der Waals surface area contributed by atoms with Crippen molar-refractivity contribution in [2.75, 3.05) is 5.73 Å². The van der Waals surface area contributed by atoms with Crippen molar-refractivity contribution in [1.29, 1.82) is 0 Å². The van der Waals surface area contributed by atoms with E-state index in [-0.39, 0.29) is 0 Å². The number of hydrogen-bond acceptors (Lipinski definition) is 2. The van der Waals surface area contributed by atoms with Crippen LogP contribution in [-0.2, 0) is 6.61 Å². The third kappa shape index (κ3) is 2.83. The van der Waals surface area contributed by atoms with Crippen molar-refractivity contribution in [1.82, 2.24) is 0 Å². The number of benzene rings is 2. The minimum Gasteiger partial charge on any atom is -0.488 e. The van der Waals surface area contributed by atoms with Gasteiger partial charge in [-0.05, 0) is 49.6 Å². The molecule has 0 fully saturated rings. The lowest BCUT2D eigenvalue weighted by atomic mass is 10.1. The quantitative estimate of drug-likeness (QED) is 0.830. The first-order chi connectivity index (χ1) is 8.56. The van der Waals surface area contributed by atoms with Gasteiger partial charge < -0.3 is 10.5 Å². The molecule has 0 aliphatic heterocycles. The lowest BCUT2D eigenvalue weighted by molar-refractivity contribution is 0.302. The van der Waals surface area contributed by atoms with Crippen molar-refractivity contribution in [3.63, 3.8) is 0 Å². The largest absolute Gasteiger partial charge is 0.488 e. The monoisotopic (exact) mass is 241 g/mol. The van der Waals surface area contributed by atoms with E-state index >= 15 is 0 Å². The second-order valence-electron chi connectivity index (χ2n) is 4.76. The predicted octanol–water partition coefficient (Wildman–Crippen LogP) is 3.77. The summed E-state index contributed by atoms with van der Waals surface area (Å²) in [5.41, 5.74) is 11.2. The highest BCUT2D eigenvalue weighted by Crippen LogP contribution is 2.26. The van der Waals surface area contributed by atoms with Crippen LogP contribution in [0.5, 0.6) is 5.75 Å². The molecule has 0 heterocycles. The molecule has 2 aromatic rings. The van der Waals surface area contributed by atoms with Crippen LogP contribution in [0.15, 0.2) is 36.4 Å². The summed E-state index contributed by atoms with van der Waals surface area (Å²) in [6.07, 6.45) is 0. The topological polar surface area (TPSA) is 35.2 Å². The predicted molar refractivity (Wildman–Crippen MR) is 75.8 cm³/mol. The molecule has 0 spiro atoms. The standard InChI is InChI=1S/C16H19NO/c1-11-5-4-6-14(7-11)10-18-16-12(2)8-15(17)9-13(16)3/h4-9H,10,17H2,1-3H3. The molecule has 0 aliphatic carbocycles. The van der Waals surface area contributed by atoms with Crippen LogP contribution in [0.3, 0.4) is 0 Å². The molecule has 0 bridgehead atoms. The molecule has 2 heteroatoms. The fourth-order valence-electron chi connectivity index (χ4n) is 2.17. The fourth-order valence-corrected chi connectivity index (χ4v) is 2.17. The van der Waals surface area contributed by atoms with Gasteiger partial charge in [0.2, 0.25) is 0 Å². The molecule has 2 rings (SSSR count). The maximum Gasteiger partial charge on any atom is 0.125 e. The molecule has 18 heavy (non-hydrogen) atoms. The number of hydrogen-bond donors (Lipinski definition) is 1. The van der Waals surface area contributed by atoms with Gasteiger partial charge >= 0.3 is 0 Å². The summed E-state index contributed by atoms with van der Waals surface area (Å²) in [7, 11) is 0. The Balaban J connectivity index is 2.16. The van der Waals surface area contributed by atoms with Gasteiger partial charge in [0.25, 0.3) is 0 Å². The molecule has 0 saturated carbocycles. The van der Waals surface area contributed by atoms with Gasteiger partial charge in [0, 0.05) is 5.69 Å². The summed E-state index contributed by atoms with van der Waals surface area (Å²) < 4.78 is 5.91. The lowest BCUT2D eigenvalue weighted by Crippen LogP contribution is -2.00. The van der Waals surface area contributed by atoms with E-state index in [1.165, 1.54) is 11.1 Å². The Hall–Kier alpha value is -1.96. The zero-order chi connectivity index (χ0) is 13.1. The van der Waals surface area contributed by atoms with Crippen LogP contribution in [0.4, 0.5) is 5.69 Å². The van der Waals surface area contributed by atoms with Crippen molar-refractivity contribution < 1.29 is 4.74 Å². The summed E-state index contributed by atoms with van der Waals surface area (Å²) in [5.74, 6) is 0.936. The highest BCUT2D eigenvalue weighted by Gasteiger charge is 2.05. The Labute approximate surface area is 108 Å². The average Bonchev–Trinajstić information content (AvgIpc) is 2.27. The van der Waals surface area contributed by atoms with E-state index in [0.29, 0.717) is 6.61 Å². The van der Waals surface area contributed by atoms with Crippen molar-refractivity contribution in [2.45, 2.75) is 27.4 Å². The molecule has 0 radical (unpaired) electrons. The van der Waals surface area contributed by atoms with Crippen molar-refractivity contribution in [3.8, 4) is 5.75 Å². The Kier molecular flexibility index (Phi) is 3.56. The van der Waals surface area contributed by atoms with Crippen molar-refractivity contribution in [3.05, 3.63) is 58.7 Å². The van der Waals surface area contributed by atoms with Crippen LogP contribution in [0, 0.1) is 20.8 Å². The van der Waals surface area contributed by atoms with Gasteiger partial charge in [-0.2, -0.15) is 0 Å². The minimum absolute atomic E-state index is 0.591. The molecule has 2 nitrogen and oxygen atoms in total. The molecule has 2 aromatic carbocycles. The summed E-state index contributed by atoms with van der Waals surface area (Å²) in [4.78, 5) is 0. The van der Waals surface area contributed by atoms with Crippen LogP contribution in [0.2, 0.25) is 0 Å². The van der Waals surface area contributed by atoms with Gasteiger partial charge in [-0.25, -0.2) is 0 Å². The Morgan fingerprint density at radius 1 is 1.00 bits per heavy atom. The smallest absolute Gasteiger partial charge is 0.125 e. The van der Waals surface area contributed by atoms with Gasteiger partial charge in [-0.15, -0.1) is 0 Å². The van der Waals surface area contributed by atoms with Crippen LogP contribution >= 0.6 is 0 Å². The number of anilines is 1. The Bertz CT molecular complexity index is 538. The van der Waals surface area contributed by atoms with E-state index < -0.39 is 0 Å². The van der Waals surface area contributed by atoms with E-state index in [2.05, 4.69) is 31.2 Å². The van der Waals surface area contributed by atoms with E-state index in [1.807, 2.05) is 26.0 Å². The normalized spacial score (nSPS) is 10.4. The highest BCUT2D eigenvalue weighted by atomic mass is 16.5. The van der Waals surface area contributed by atoms with Gasteiger partial charge in [0.05, 0.1) is 0 Å². The van der Waals surface area contributed by atoms with Crippen LogP contribution in [-0.4, -0.2) is 0 Å². The van der Waals surface area contributed by atoms with Crippen LogP contribution < -0.4 is 10.5 Å². The number of rotatable bonds is 3. The molecule has 2 N–H and O–H groups in total. The van der Waals surface area contributed by atoms with Gasteiger partial charge in [-0.1, -0.05) is 29.8 Å². The summed E-state index contributed by atoms with van der Waals surface area (Å²) in [5, 5.41) is 0. The van der Waals surface area contributed by atoms with E-state index in [4.69, 9.17) is 10.5 Å². The van der Waals surface area contributed by atoms with E-state index in [1.54, 1.807) is 0 Å². The molecule has 94 valence electrons. The average molecular weight is 241 g/mol. The lowest BCUT2D eigenvalue weighted by Gasteiger charge is -2.13.